The molecule has 0 bridgehead atoms. The summed E-state index contributed by atoms with van der Waals surface area (Å²) < 4.78 is 0. The molecule has 5 nitrogen and oxygen atoms in total. The number of hydrogen-bond acceptors (Lipinski definition) is 3. The lowest BCUT2D eigenvalue weighted by molar-refractivity contribution is -0.134. The lowest BCUT2D eigenvalue weighted by atomic mass is 10.0. The average Bonchev–Trinajstić information content (AvgIpc) is 2.78. The number of piperidine rings is 1. The van der Waals surface area contributed by atoms with E-state index in [0.29, 0.717) is 22.7 Å². The third-order valence-electron chi connectivity index (χ3n) is 4.20. The Bertz CT molecular complexity index is 862. The Kier molecular flexibility index (Phi) is 2.74. The summed E-state index contributed by atoms with van der Waals surface area (Å²) in [5.41, 5.74) is 1.22. The van der Waals surface area contributed by atoms with Crippen LogP contribution in [0.4, 0.5) is 5.69 Å². The van der Waals surface area contributed by atoms with Gasteiger partial charge in [-0.1, -0.05) is 23.7 Å². The molecule has 0 spiro atoms. The fourth-order valence-corrected chi connectivity index (χ4v) is 3.43. The highest BCUT2D eigenvalue weighted by Crippen LogP contribution is 2.42. The number of carbonyl (C=O) groups excluding carboxylic acids is 3. The molecule has 6 heteroatoms. The summed E-state index contributed by atoms with van der Waals surface area (Å²) in [6.07, 6.45) is 0.557. The molecular formula is C16H11ClN2O3. The summed E-state index contributed by atoms with van der Waals surface area (Å²) >= 11 is 6.20. The first-order valence-corrected chi connectivity index (χ1v) is 7.34. The van der Waals surface area contributed by atoms with Crippen LogP contribution in [0.25, 0.3) is 10.8 Å². The van der Waals surface area contributed by atoms with Crippen LogP contribution in [0.15, 0.2) is 30.3 Å². The van der Waals surface area contributed by atoms with E-state index in [1.54, 1.807) is 24.3 Å². The van der Waals surface area contributed by atoms with Crippen molar-refractivity contribution in [3.8, 4) is 0 Å². The molecule has 0 aliphatic carbocycles. The van der Waals surface area contributed by atoms with Gasteiger partial charge in [-0.15, -0.1) is 0 Å². The zero-order valence-electron chi connectivity index (χ0n) is 11.4. The van der Waals surface area contributed by atoms with Crippen molar-refractivity contribution in [2.45, 2.75) is 18.9 Å². The Morgan fingerprint density at radius 3 is 2.73 bits per heavy atom. The molecule has 2 aliphatic heterocycles. The van der Waals surface area contributed by atoms with Gasteiger partial charge in [-0.3, -0.25) is 24.6 Å². The van der Waals surface area contributed by atoms with Crippen LogP contribution in [-0.4, -0.2) is 23.8 Å². The largest absolute Gasteiger partial charge is 0.295 e. The second-order valence-corrected chi connectivity index (χ2v) is 5.84. The van der Waals surface area contributed by atoms with Crippen LogP contribution < -0.4 is 10.2 Å². The summed E-state index contributed by atoms with van der Waals surface area (Å²) in [7, 11) is 0. The lowest BCUT2D eigenvalue weighted by Gasteiger charge is -2.30. The Labute approximate surface area is 130 Å². The number of hydrogen-bond donors (Lipinski definition) is 1. The predicted molar refractivity (Wildman–Crippen MR) is 81.9 cm³/mol. The van der Waals surface area contributed by atoms with E-state index in [4.69, 9.17) is 11.6 Å². The van der Waals surface area contributed by atoms with Crippen LogP contribution in [0.5, 0.6) is 0 Å². The molecule has 3 amide bonds. The SMILES string of the molecule is O=C1CCC(N2C(=O)c3cccc4c(Cl)ccc2c34)C(=O)N1. The van der Waals surface area contributed by atoms with Crippen molar-refractivity contribution in [2.75, 3.05) is 4.90 Å². The summed E-state index contributed by atoms with van der Waals surface area (Å²) in [6.45, 7) is 0. The van der Waals surface area contributed by atoms with E-state index in [1.165, 1.54) is 4.90 Å². The maximum absolute atomic E-state index is 12.7. The summed E-state index contributed by atoms with van der Waals surface area (Å²) in [5.74, 6) is -0.954. The lowest BCUT2D eigenvalue weighted by Crippen LogP contribution is -2.53. The normalized spacial score (nSPS) is 20.7. The highest BCUT2D eigenvalue weighted by molar-refractivity contribution is 6.38. The van der Waals surface area contributed by atoms with E-state index in [-0.39, 0.29) is 18.2 Å². The Balaban J connectivity index is 1.89. The topological polar surface area (TPSA) is 66.5 Å². The fraction of sp³-hybridized carbons (Fsp3) is 0.188. The molecule has 2 aliphatic rings. The molecule has 2 aromatic carbocycles. The van der Waals surface area contributed by atoms with Crippen LogP contribution in [0.2, 0.25) is 5.02 Å². The van der Waals surface area contributed by atoms with Crippen molar-refractivity contribution < 1.29 is 14.4 Å². The number of imide groups is 1. The first kappa shape index (κ1) is 13.3. The number of anilines is 1. The molecule has 1 saturated heterocycles. The first-order valence-electron chi connectivity index (χ1n) is 6.96. The molecule has 0 radical (unpaired) electrons. The van der Waals surface area contributed by atoms with Gasteiger partial charge in [0.15, 0.2) is 0 Å². The minimum atomic E-state index is -0.665. The number of halogens is 1. The van der Waals surface area contributed by atoms with Gasteiger partial charge >= 0.3 is 0 Å². The van der Waals surface area contributed by atoms with E-state index in [0.717, 1.165) is 10.8 Å². The number of nitrogens with zero attached hydrogens (tertiary/aromatic N) is 1. The van der Waals surface area contributed by atoms with Crippen LogP contribution in [0, 0.1) is 0 Å². The molecule has 2 heterocycles. The highest BCUT2D eigenvalue weighted by Gasteiger charge is 2.40. The molecule has 110 valence electrons. The van der Waals surface area contributed by atoms with E-state index in [9.17, 15) is 14.4 Å². The molecule has 2 aromatic rings. The van der Waals surface area contributed by atoms with E-state index in [2.05, 4.69) is 5.32 Å². The van der Waals surface area contributed by atoms with Crippen LogP contribution >= 0.6 is 11.6 Å². The number of nitrogens with one attached hydrogen (secondary N) is 1. The summed E-state index contributed by atoms with van der Waals surface area (Å²) in [4.78, 5) is 37.7. The third-order valence-corrected chi connectivity index (χ3v) is 4.53. The van der Waals surface area contributed by atoms with Crippen molar-refractivity contribution in [2.24, 2.45) is 0 Å². The number of benzene rings is 2. The maximum Gasteiger partial charge on any atom is 0.259 e. The van der Waals surface area contributed by atoms with E-state index < -0.39 is 11.9 Å². The smallest absolute Gasteiger partial charge is 0.259 e. The minimum absolute atomic E-state index is 0.225. The van der Waals surface area contributed by atoms with Gasteiger partial charge in [-0.25, -0.2) is 0 Å². The van der Waals surface area contributed by atoms with Gasteiger partial charge in [-0.2, -0.15) is 0 Å². The molecule has 0 aromatic heterocycles. The van der Waals surface area contributed by atoms with Crippen molar-refractivity contribution in [3.05, 3.63) is 40.9 Å². The quantitative estimate of drug-likeness (QED) is 0.821. The van der Waals surface area contributed by atoms with Crippen molar-refractivity contribution in [3.63, 3.8) is 0 Å². The van der Waals surface area contributed by atoms with Crippen molar-refractivity contribution >= 4 is 45.8 Å². The Morgan fingerprint density at radius 2 is 1.95 bits per heavy atom. The molecule has 1 N–H and O–H groups in total. The van der Waals surface area contributed by atoms with Crippen LogP contribution in [0.1, 0.15) is 23.2 Å². The first-order chi connectivity index (χ1) is 10.6. The Morgan fingerprint density at radius 1 is 1.14 bits per heavy atom. The van der Waals surface area contributed by atoms with Gasteiger partial charge < -0.3 is 0 Å². The monoisotopic (exact) mass is 314 g/mol. The van der Waals surface area contributed by atoms with Crippen LogP contribution in [0.3, 0.4) is 0 Å². The zero-order valence-corrected chi connectivity index (χ0v) is 12.2. The van der Waals surface area contributed by atoms with E-state index in [1.807, 2.05) is 6.07 Å². The molecule has 1 fully saturated rings. The van der Waals surface area contributed by atoms with Gasteiger partial charge in [0.05, 0.1) is 5.69 Å². The molecule has 4 rings (SSSR count). The van der Waals surface area contributed by atoms with Crippen molar-refractivity contribution in [1.29, 1.82) is 0 Å². The number of rotatable bonds is 1. The van der Waals surface area contributed by atoms with Gasteiger partial charge in [0, 0.05) is 27.8 Å². The zero-order chi connectivity index (χ0) is 15.4. The van der Waals surface area contributed by atoms with Gasteiger partial charge in [-0.05, 0) is 24.6 Å². The fourth-order valence-electron chi connectivity index (χ4n) is 3.21. The highest BCUT2D eigenvalue weighted by atomic mass is 35.5. The average molecular weight is 315 g/mol. The molecule has 0 saturated carbocycles. The van der Waals surface area contributed by atoms with Crippen molar-refractivity contribution in [1.82, 2.24) is 5.32 Å². The summed E-state index contributed by atoms with van der Waals surface area (Å²) in [6, 6.07) is 8.17. The van der Waals surface area contributed by atoms with Gasteiger partial charge in [0.2, 0.25) is 11.8 Å². The maximum atomic E-state index is 12.7. The van der Waals surface area contributed by atoms with Gasteiger partial charge in [0.25, 0.3) is 5.91 Å². The third kappa shape index (κ3) is 1.69. The minimum Gasteiger partial charge on any atom is -0.295 e. The molecule has 22 heavy (non-hydrogen) atoms. The summed E-state index contributed by atoms with van der Waals surface area (Å²) in [5, 5.41) is 4.43. The Hall–Kier alpha value is -2.40. The van der Waals surface area contributed by atoms with Crippen LogP contribution in [-0.2, 0) is 9.59 Å². The second kappa shape index (κ2) is 4.55. The standard InChI is InChI=1S/C16H11ClN2O3/c17-10-4-5-11-14-8(10)2-1-3-9(14)16(22)19(11)12-6-7-13(20)18-15(12)21/h1-5,12H,6-7H2,(H,18,20,21). The number of amides is 3. The second-order valence-electron chi connectivity index (χ2n) is 5.44. The van der Waals surface area contributed by atoms with Gasteiger partial charge in [0.1, 0.15) is 6.04 Å². The number of carbonyl (C=O) groups is 3. The predicted octanol–water partition coefficient (Wildman–Crippen LogP) is 2.26. The molecule has 1 atom stereocenters. The molecular weight excluding hydrogens is 304 g/mol. The molecule has 1 unspecified atom stereocenters. The van der Waals surface area contributed by atoms with E-state index >= 15 is 0 Å².